The zero-order valence-corrected chi connectivity index (χ0v) is 14.8. The van der Waals surface area contributed by atoms with Crippen LogP contribution >= 0.6 is 11.3 Å². The van der Waals surface area contributed by atoms with Gasteiger partial charge >= 0.3 is 0 Å². The monoisotopic (exact) mass is 338 g/mol. The molecule has 1 heterocycles. The number of nitrogens with zero attached hydrogens (tertiary/aromatic N) is 1. The fraction of sp³-hybridized carbons (Fsp3) is 0.250. The van der Waals surface area contributed by atoms with Crippen LogP contribution in [0.3, 0.4) is 0 Å². The normalized spacial score (nSPS) is 12.5. The molecule has 1 N–H and O–H groups in total. The molecule has 0 unspecified atom stereocenters. The zero-order chi connectivity index (χ0) is 16.9. The Bertz CT molecular complexity index is 806. The lowest BCUT2D eigenvalue weighted by atomic mass is 10.0. The molecule has 0 fully saturated rings. The molecule has 3 nitrogen and oxygen atoms in total. The Balaban J connectivity index is 1.67. The number of nitrogens with one attached hydrogen (secondary N) is 1. The maximum Gasteiger partial charge on any atom is 0.224 e. The molecule has 4 heteroatoms. The largest absolute Gasteiger partial charge is 0.354 e. The van der Waals surface area contributed by atoms with Gasteiger partial charge in [-0.25, -0.2) is 0 Å². The maximum atomic E-state index is 12.4. The van der Waals surface area contributed by atoms with Crippen LogP contribution in [0.2, 0.25) is 0 Å². The van der Waals surface area contributed by atoms with E-state index in [0.29, 0.717) is 13.0 Å². The number of rotatable bonds is 6. The van der Waals surface area contributed by atoms with Crippen molar-refractivity contribution < 1.29 is 4.79 Å². The summed E-state index contributed by atoms with van der Waals surface area (Å²) in [6, 6.07) is 16.6. The highest BCUT2D eigenvalue weighted by atomic mass is 32.1. The van der Waals surface area contributed by atoms with E-state index in [-0.39, 0.29) is 11.9 Å². The Kier molecular flexibility index (Phi) is 5.28. The van der Waals surface area contributed by atoms with Crippen molar-refractivity contribution in [2.75, 3.05) is 20.6 Å². The second-order valence-corrected chi connectivity index (χ2v) is 6.94. The molecule has 124 valence electrons. The number of carbonyl (C=O) groups excluding carboxylic acids is 1. The number of hydrogen-bond donors (Lipinski definition) is 1. The summed E-state index contributed by atoms with van der Waals surface area (Å²) in [4.78, 5) is 14.6. The summed E-state index contributed by atoms with van der Waals surface area (Å²) < 4.78 is 0. The van der Waals surface area contributed by atoms with Gasteiger partial charge in [0.1, 0.15) is 0 Å². The molecule has 3 aromatic rings. The molecule has 0 bridgehead atoms. The van der Waals surface area contributed by atoms with Gasteiger partial charge in [0.2, 0.25) is 5.91 Å². The van der Waals surface area contributed by atoms with Gasteiger partial charge < -0.3 is 10.2 Å². The Morgan fingerprint density at radius 1 is 1.12 bits per heavy atom. The number of likely N-dealkylation sites (N-methyl/N-ethyl adjacent to an activating group) is 1. The van der Waals surface area contributed by atoms with Gasteiger partial charge in [0.25, 0.3) is 0 Å². The molecule has 1 amide bonds. The number of amides is 1. The molecular weight excluding hydrogens is 316 g/mol. The smallest absolute Gasteiger partial charge is 0.224 e. The quantitative estimate of drug-likeness (QED) is 0.740. The molecular formula is C20H22N2OS. The molecule has 1 aromatic heterocycles. The van der Waals surface area contributed by atoms with E-state index in [1.54, 1.807) is 11.3 Å². The van der Waals surface area contributed by atoms with E-state index >= 15 is 0 Å². The molecule has 0 aliphatic rings. The van der Waals surface area contributed by atoms with Gasteiger partial charge in [-0.1, -0.05) is 42.5 Å². The topological polar surface area (TPSA) is 32.3 Å². The summed E-state index contributed by atoms with van der Waals surface area (Å²) >= 11 is 1.68. The van der Waals surface area contributed by atoms with Crippen LogP contribution in [0.1, 0.15) is 17.2 Å². The summed E-state index contributed by atoms with van der Waals surface area (Å²) in [5.74, 6) is 0.0634. The summed E-state index contributed by atoms with van der Waals surface area (Å²) in [6.45, 7) is 0.618. The first-order chi connectivity index (χ1) is 11.6. The van der Waals surface area contributed by atoms with Crippen molar-refractivity contribution in [3.05, 3.63) is 70.4 Å². The fourth-order valence-electron chi connectivity index (χ4n) is 2.96. The van der Waals surface area contributed by atoms with Crippen molar-refractivity contribution in [3.63, 3.8) is 0 Å². The van der Waals surface area contributed by atoms with Crippen molar-refractivity contribution in [1.29, 1.82) is 0 Å². The first kappa shape index (κ1) is 16.7. The van der Waals surface area contributed by atoms with Crippen LogP contribution in [0.25, 0.3) is 10.8 Å². The van der Waals surface area contributed by atoms with E-state index in [1.807, 2.05) is 38.4 Å². The first-order valence-electron chi connectivity index (χ1n) is 8.07. The highest BCUT2D eigenvalue weighted by molar-refractivity contribution is 7.07. The molecule has 0 saturated heterocycles. The fourth-order valence-corrected chi connectivity index (χ4v) is 3.66. The van der Waals surface area contributed by atoms with Crippen molar-refractivity contribution in [2.45, 2.75) is 12.5 Å². The van der Waals surface area contributed by atoms with Gasteiger partial charge in [0, 0.05) is 6.54 Å². The highest BCUT2D eigenvalue weighted by Crippen LogP contribution is 2.21. The second-order valence-electron chi connectivity index (χ2n) is 6.16. The minimum absolute atomic E-state index is 0.0634. The third kappa shape index (κ3) is 3.83. The minimum Gasteiger partial charge on any atom is -0.354 e. The van der Waals surface area contributed by atoms with Gasteiger partial charge in [-0.2, -0.15) is 11.3 Å². The lowest BCUT2D eigenvalue weighted by Crippen LogP contribution is -2.35. The van der Waals surface area contributed by atoms with Crippen LogP contribution in [-0.4, -0.2) is 31.4 Å². The zero-order valence-electron chi connectivity index (χ0n) is 14.0. The van der Waals surface area contributed by atoms with E-state index in [9.17, 15) is 4.79 Å². The third-order valence-electron chi connectivity index (χ3n) is 4.27. The molecule has 0 aliphatic heterocycles. The number of carbonyl (C=O) groups is 1. The van der Waals surface area contributed by atoms with E-state index in [1.165, 1.54) is 10.9 Å². The Labute approximate surface area is 146 Å². The average molecular weight is 338 g/mol. The lowest BCUT2D eigenvalue weighted by Gasteiger charge is -2.24. The predicted molar refractivity (Wildman–Crippen MR) is 101 cm³/mol. The molecule has 0 spiro atoms. The summed E-state index contributed by atoms with van der Waals surface area (Å²) in [5, 5.41) is 9.63. The van der Waals surface area contributed by atoms with E-state index in [4.69, 9.17) is 0 Å². The maximum absolute atomic E-state index is 12.4. The molecule has 0 aliphatic carbocycles. The van der Waals surface area contributed by atoms with Crippen molar-refractivity contribution in [1.82, 2.24) is 10.2 Å². The van der Waals surface area contributed by atoms with E-state index in [0.717, 1.165) is 10.9 Å². The van der Waals surface area contributed by atoms with Crippen molar-refractivity contribution >= 4 is 28.0 Å². The van der Waals surface area contributed by atoms with Crippen LogP contribution < -0.4 is 5.32 Å². The average Bonchev–Trinajstić information content (AvgIpc) is 3.09. The van der Waals surface area contributed by atoms with Gasteiger partial charge in [0.05, 0.1) is 12.5 Å². The third-order valence-corrected chi connectivity index (χ3v) is 4.98. The standard InChI is InChI=1S/C20H22N2OS/c1-22(2)19(17-10-11-24-14-17)13-21-20(23)12-16-8-5-7-15-6-3-4-9-18(15)16/h3-11,14,19H,12-13H2,1-2H3,(H,21,23)/t19-/m0/s1. The molecule has 0 saturated carbocycles. The molecule has 24 heavy (non-hydrogen) atoms. The van der Waals surface area contributed by atoms with Crippen LogP contribution in [-0.2, 0) is 11.2 Å². The van der Waals surface area contributed by atoms with Crippen molar-refractivity contribution in [3.8, 4) is 0 Å². The number of hydrogen-bond acceptors (Lipinski definition) is 3. The van der Waals surface area contributed by atoms with Crippen molar-refractivity contribution in [2.24, 2.45) is 0 Å². The van der Waals surface area contributed by atoms with Crippen LogP contribution in [0.15, 0.2) is 59.3 Å². The van der Waals surface area contributed by atoms with Crippen LogP contribution in [0.5, 0.6) is 0 Å². The molecule has 1 atom stereocenters. The number of benzene rings is 2. The SMILES string of the molecule is CN(C)[C@@H](CNC(=O)Cc1cccc2ccccc12)c1ccsc1. The minimum atomic E-state index is 0.0634. The number of fused-ring (bicyclic) bond motifs is 1. The second kappa shape index (κ2) is 7.60. The van der Waals surface area contributed by atoms with E-state index in [2.05, 4.69) is 45.2 Å². The van der Waals surface area contributed by atoms with Gasteiger partial charge in [0.15, 0.2) is 0 Å². The Hall–Kier alpha value is -2.17. The first-order valence-corrected chi connectivity index (χ1v) is 9.01. The molecule has 2 aromatic carbocycles. The lowest BCUT2D eigenvalue weighted by molar-refractivity contribution is -0.120. The van der Waals surface area contributed by atoms with Gasteiger partial charge in [-0.3, -0.25) is 4.79 Å². The number of thiophene rings is 1. The van der Waals surface area contributed by atoms with E-state index < -0.39 is 0 Å². The molecule has 0 radical (unpaired) electrons. The predicted octanol–water partition coefficient (Wildman–Crippen LogP) is 3.86. The van der Waals surface area contributed by atoms with Crippen LogP contribution in [0.4, 0.5) is 0 Å². The van der Waals surface area contributed by atoms with Crippen LogP contribution in [0, 0.1) is 0 Å². The Morgan fingerprint density at radius 3 is 2.67 bits per heavy atom. The van der Waals surface area contributed by atoms with Gasteiger partial charge in [-0.05, 0) is 52.8 Å². The van der Waals surface area contributed by atoms with Gasteiger partial charge in [-0.15, -0.1) is 0 Å². The highest BCUT2D eigenvalue weighted by Gasteiger charge is 2.16. The summed E-state index contributed by atoms with van der Waals surface area (Å²) in [7, 11) is 4.08. The molecule has 3 rings (SSSR count). The Morgan fingerprint density at radius 2 is 1.92 bits per heavy atom. The summed E-state index contributed by atoms with van der Waals surface area (Å²) in [6.07, 6.45) is 0.408. The summed E-state index contributed by atoms with van der Waals surface area (Å²) in [5.41, 5.74) is 2.32.